The van der Waals surface area contributed by atoms with E-state index in [4.69, 9.17) is 5.11 Å². The minimum Gasteiger partial charge on any atom is -0.480 e. The zero-order chi connectivity index (χ0) is 12.8. The summed E-state index contributed by atoms with van der Waals surface area (Å²) in [4.78, 5) is 31.0. The number of likely N-dealkylation sites (N-methyl/N-ethyl adjacent to an activating group) is 1. The lowest BCUT2D eigenvalue weighted by Crippen LogP contribution is -2.45. The Labute approximate surface area is 98.5 Å². The van der Waals surface area contributed by atoms with Gasteiger partial charge in [-0.2, -0.15) is 0 Å². The van der Waals surface area contributed by atoms with E-state index in [0.717, 1.165) is 4.90 Å². The Bertz CT molecular complexity index is 396. The lowest BCUT2D eigenvalue weighted by molar-refractivity contribution is -0.141. The Balaban J connectivity index is 2.47. The highest BCUT2D eigenvalue weighted by atomic mass is 16.4. The Morgan fingerprint density at radius 2 is 2.29 bits per heavy atom. The number of carboxylic acids is 1. The van der Waals surface area contributed by atoms with Gasteiger partial charge in [0.2, 0.25) is 0 Å². The van der Waals surface area contributed by atoms with Gasteiger partial charge < -0.3 is 15.3 Å². The molecule has 0 spiro atoms. The molecule has 2 N–H and O–H groups in total. The van der Waals surface area contributed by atoms with Crippen LogP contribution in [-0.2, 0) is 11.3 Å². The van der Waals surface area contributed by atoms with Crippen LogP contribution in [0.5, 0.6) is 0 Å². The van der Waals surface area contributed by atoms with E-state index in [1.807, 2.05) is 0 Å². The van der Waals surface area contributed by atoms with Crippen LogP contribution in [0, 0.1) is 0 Å². The summed E-state index contributed by atoms with van der Waals surface area (Å²) in [5, 5.41) is 11.3. The molecule has 92 valence electrons. The average molecular weight is 238 g/mol. The van der Waals surface area contributed by atoms with Crippen molar-refractivity contribution >= 4 is 12.0 Å². The smallest absolute Gasteiger partial charge is 0.326 e. The summed E-state index contributed by atoms with van der Waals surface area (Å²) in [6.45, 7) is 1.67. The Morgan fingerprint density at radius 1 is 1.59 bits per heavy atom. The van der Waals surface area contributed by atoms with Crippen LogP contribution in [0.25, 0.3) is 0 Å². The predicted molar refractivity (Wildman–Crippen MR) is 59.1 cm³/mol. The van der Waals surface area contributed by atoms with E-state index in [1.54, 1.807) is 12.3 Å². The molecule has 0 saturated carbocycles. The van der Waals surface area contributed by atoms with Crippen LogP contribution in [0.3, 0.4) is 0 Å². The van der Waals surface area contributed by atoms with E-state index in [1.165, 1.54) is 20.3 Å². The van der Waals surface area contributed by atoms with E-state index >= 15 is 0 Å². The number of urea groups is 1. The Hall–Kier alpha value is -2.18. The summed E-state index contributed by atoms with van der Waals surface area (Å²) in [7, 11) is 1.42. The molecule has 2 amide bonds. The molecule has 0 aromatic carbocycles. The number of carboxylic acid groups (broad SMARTS) is 1. The first-order valence-electron chi connectivity index (χ1n) is 5.00. The highest BCUT2D eigenvalue weighted by molar-refractivity contribution is 5.82. The highest BCUT2D eigenvalue weighted by Crippen LogP contribution is 1.97. The summed E-state index contributed by atoms with van der Waals surface area (Å²) in [6, 6.07) is 0.333. The van der Waals surface area contributed by atoms with Crippen LogP contribution in [-0.4, -0.2) is 45.1 Å². The van der Waals surface area contributed by atoms with Crippen molar-refractivity contribution in [3.05, 3.63) is 24.3 Å². The third-order valence-corrected chi connectivity index (χ3v) is 2.32. The monoisotopic (exact) mass is 238 g/mol. The number of amides is 2. The molecule has 17 heavy (non-hydrogen) atoms. The average Bonchev–Trinajstić information content (AvgIpc) is 2.35. The van der Waals surface area contributed by atoms with Gasteiger partial charge in [0.1, 0.15) is 12.4 Å². The molecule has 0 saturated heterocycles. The van der Waals surface area contributed by atoms with Gasteiger partial charge in [-0.05, 0) is 13.0 Å². The zero-order valence-corrected chi connectivity index (χ0v) is 9.62. The van der Waals surface area contributed by atoms with Crippen LogP contribution in [0.1, 0.15) is 12.6 Å². The summed E-state index contributed by atoms with van der Waals surface area (Å²) < 4.78 is 0. The van der Waals surface area contributed by atoms with Crippen LogP contribution in [0.15, 0.2) is 18.6 Å². The number of carbonyl (C=O) groups is 2. The molecule has 1 unspecified atom stereocenters. The van der Waals surface area contributed by atoms with Gasteiger partial charge in [-0.1, -0.05) is 0 Å². The van der Waals surface area contributed by atoms with Gasteiger partial charge in [-0.3, -0.25) is 0 Å². The molecule has 0 fully saturated rings. The zero-order valence-electron chi connectivity index (χ0n) is 9.62. The maximum absolute atomic E-state index is 11.6. The minimum atomic E-state index is -1.05. The van der Waals surface area contributed by atoms with Gasteiger partial charge in [0, 0.05) is 13.2 Å². The molecule has 1 heterocycles. The van der Waals surface area contributed by atoms with Crippen molar-refractivity contribution in [1.82, 2.24) is 20.2 Å². The summed E-state index contributed by atoms with van der Waals surface area (Å²) >= 11 is 0. The normalized spacial score (nSPS) is 11.6. The van der Waals surface area contributed by atoms with Gasteiger partial charge in [-0.25, -0.2) is 19.6 Å². The van der Waals surface area contributed by atoms with Crippen LogP contribution in [0.4, 0.5) is 4.79 Å². The molecule has 7 heteroatoms. The molecule has 0 aliphatic carbocycles. The van der Waals surface area contributed by atoms with E-state index in [2.05, 4.69) is 15.3 Å². The second kappa shape index (κ2) is 5.78. The van der Waals surface area contributed by atoms with Crippen molar-refractivity contribution in [2.24, 2.45) is 0 Å². The van der Waals surface area contributed by atoms with Crippen LogP contribution >= 0.6 is 0 Å². The highest BCUT2D eigenvalue weighted by Gasteiger charge is 2.21. The number of hydrogen-bond acceptors (Lipinski definition) is 4. The van der Waals surface area contributed by atoms with Crippen LogP contribution < -0.4 is 5.32 Å². The number of hydrogen-bond donors (Lipinski definition) is 2. The molecule has 7 nitrogen and oxygen atoms in total. The van der Waals surface area contributed by atoms with E-state index in [-0.39, 0.29) is 6.54 Å². The van der Waals surface area contributed by atoms with Gasteiger partial charge in [0.05, 0.1) is 12.2 Å². The largest absolute Gasteiger partial charge is 0.480 e. The quantitative estimate of drug-likeness (QED) is 0.775. The number of rotatable bonds is 4. The third kappa shape index (κ3) is 3.71. The van der Waals surface area contributed by atoms with Crippen molar-refractivity contribution < 1.29 is 14.7 Å². The lowest BCUT2D eigenvalue weighted by Gasteiger charge is -2.21. The minimum absolute atomic E-state index is 0.234. The molecule has 0 radical (unpaired) electrons. The Kier molecular flexibility index (Phi) is 4.38. The van der Waals surface area contributed by atoms with Crippen molar-refractivity contribution in [3.8, 4) is 0 Å². The third-order valence-electron chi connectivity index (χ3n) is 2.32. The maximum atomic E-state index is 11.6. The first kappa shape index (κ1) is 12.9. The fourth-order valence-electron chi connectivity index (χ4n) is 1.06. The molecule has 1 rings (SSSR count). The van der Waals surface area contributed by atoms with Crippen molar-refractivity contribution in [2.45, 2.75) is 19.5 Å². The molecular formula is C10H14N4O3. The molecule has 1 aromatic heterocycles. The predicted octanol–water partition coefficient (Wildman–Crippen LogP) is 0.0911. The van der Waals surface area contributed by atoms with Gasteiger partial charge in [-0.15, -0.1) is 0 Å². The number of carbonyl (C=O) groups excluding carboxylic acids is 1. The van der Waals surface area contributed by atoms with Crippen molar-refractivity contribution in [3.63, 3.8) is 0 Å². The molecular weight excluding hydrogens is 224 g/mol. The van der Waals surface area contributed by atoms with Crippen molar-refractivity contribution in [1.29, 1.82) is 0 Å². The van der Waals surface area contributed by atoms with Gasteiger partial charge in [0.25, 0.3) is 0 Å². The molecule has 1 atom stereocenters. The summed E-state index contributed by atoms with van der Waals surface area (Å²) in [5.41, 5.74) is 0.657. The number of aliphatic carboxylic acids is 1. The van der Waals surface area contributed by atoms with Gasteiger partial charge >= 0.3 is 12.0 Å². The molecule has 0 aliphatic heterocycles. The maximum Gasteiger partial charge on any atom is 0.326 e. The van der Waals surface area contributed by atoms with Gasteiger partial charge in [0.15, 0.2) is 0 Å². The molecule has 0 bridgehead atoms. The second-order valence-corrected chi connectivity index (χ2v) is 3.48. The van der Waals surface area contributed by atoms with Crippen LogP contribution in [0.2, 0.25) is 0 Å². The SMILES string of the molecule is CC(C(=O)O)N(C)C(=O)NCc1ccncn1. The van der Waals surface area contributed by atoms with Crippen molar-refractivity contribution in [2.75, 3.05) is 7.05 Å². The van der Waals surface area contributed by atoms with E-state index in [0.29, 0.717) is 5.69 Å². The topological polar surface area (TPSA) is 95.4 Å². The fraction of sp³-hybridized carbons (Fsp3) is 0.400. The number of nitrogens with zero attached hydrogens (tertiary/aromatic N) is 3. The first-order valence-corrected chi connectivity index (χ1v) is 5.00. The molecule has 1 aromatic rings. The standard InChI is InChI=1S/C10H14N4O3/c1-7(9(15)16)14(2)10(17)12-5-8-3-4-11-6-13-8/h3-4,6-7H,5H2,1-2H3,(H,12,17)(H,15,16). The Morgan fingerprint density at radius 3 is 2.82 bits per heavy atom. The number of aromatic nitrogens is 2. The lowest BCUT2D eigenvalue weighted by atomic mass is 10.3. The summed E-state index contributed by atoms with van der Waals surface area (Å²) in [5.74, 6) is -1.05. The summed E-state index contributed by atoms with van der Waals surface area (Å²) in [6.07, 6.45) is 2.95. The molecule has 0 aliphatic rings. The first-order chi connectivity index (χ1) is 8.02. The van der Waals surface area contributed by atoms with E-state index < -0.39 is 18.0 Å². The van der Waals surface area contributed by atoms with E-state index in [9.17, 15) is 9.59 Å². The fourth-order valence-corrected chi connectivity index (χ4v) is 1.06. The number of nitrogens with one attached hydrogen (secondary N) is 1. The second-order valence-electron chi connectivity index (χ2n) is 3.48.